The number of rotatable bonds is 4. The van der Waals surface area contributed by atoms with Crippen molar-refractivity contribution in [3.63, 3.8) is 0 Å². The minimum atomic E-state index is -3.52. The van der Waals surface area contributed by atoms with Crippen molar-refractivity contribution >= 4 is 26.0 Å². The molecule has 2 aromatic rings. The normalized spacial score (nSPS) is 14.1. The van der Waals surface area contributed by atoms with Gasteiger partial charge in [0.1, 0.15) is 0 Å². The first-order chi connectivity index (χ1) is 10.5. The topological polar surface area (TPSA) is 58.2 Å². The molecule has 0 fully saturated rings. The van der Waals surface area contributed by atoms with Gasteiger partial charge in [-0.15, -0.1) is 0 Å². The highest BCUT2D eigenvalue weighted by Gasteiger charge is 2.17. The monoisotopic (exact) mass is 380 g/mol. The van der Waals surface area contributed by atoms with Crippen LogP contribution in [-0.4, -0.2) is 8.42 Å². The van der Waals surface area contributed by atoms with Crippen LogP contribution in [-0.2, 0) is 29.7 Å². The van der Waals surface area contributed by atoms with Gasteiger partial charge in [-0.25, -0.2) is 13.1 Å². The second kappa shape index (κ2) is 6.12. The zero-order valence-electron chi connectivity index (χ0n) is 12.2. The van der Waals surface area contributed by atoms with Crippen molar-refractivity contribution in [1.82, 2.24) is 10.0 Å². The lowest BCUT2D eigenvalue weighted by Gasteiger charge is -2.10. The fourth-order valence-electron chi connectivity index (χ4n) is 2.58. The van der Waals surface area contributed by atoms with Crippen molar-refractivity contribution < 1.29 is 8.42 Å². The zero-order chi connectivity index (χ0) is 15.7. The van der Waals surface area contributed by atoms with Crippen LogP contribution in [0.5, 0.6) is 0 Å². The van der Waals surface area contributed by atoms with Gasteiger partial charge in [-0.1, -0.05) is 40.2 Å². The van der Waals surface area contributed by atoms with E-state index < -0.39 is 10.0 Å². The lowest BCUT2D eigenvalue weighted by molar-refractivity contribution is 0.580. The van der Waals surface area contributed by atoms with Gasteiger partial charge in [-0.3, -0.25) is 0 Å². The largest absolute Gasteiger partial charge is 0.309 e. The second-order valence-corrected chi connectivity index (χ2v) is 8.09. The summed E-state index contributed by atoms with van der Waals surface area (Å²) < 4.78 is 28.4. The number of nitrogens with one attached hydrogen (secondary N) is 2. The van der Waals surface area contributed by atoms with Crippen molar-refractivity contribution in [2.75, 3.05) is 0 Å². The molecule has 0 aliphatic carbocycles. The van der Waals surface area contributed by atoms with Gasteiger partial charge in [0.2, 0.25) is 10.0 Å². The van der Waals surface area contributed by atoms with Crippen LogP contribution in [0.1, 0.15) is 22.3 Å². The number of hydrogen-bond acceptors (Lipinski definition) is 3. The molecule has 0 saturated heterocycles. The van der Waals surface area contributed by atoms with Crippen LogP contribution in [0.4, 0.5) is 0 Å². The summed E-state index contributed by atoms with van der Waals surface area (Å²) in [6.45, 7) is 3.82. The highest BCUT2D eigenvalue weighted by atomic mass is 79.9. The van der Waals surface area contributed by atoms with E-state index in [2.05, 4.69) is 38.1 Å². The molecule has 0 atom stereocenters. The van der Waals surface area contributed by atoms with Gasteiger partial charge in [-0.2, -0.15) is 0 Å². The Hall–Kier alpha value is -1.21. The maximum Gasteiger partial charge on any atom is 0.241 e. The van der Waals surface area contributed by atoms with E-state index in [1.165, 1.54) is 11.1 Å². The molecule has 0 amide bonds. The average molecular weight is 381 g/mol. The zero-order valence-corrected chi connectivity index (χ0v) is 14.6. The molecule has 22 heavy (non-hydrogen) atoms. The molecule has 116 valence electrons. The fraction of sp³-hybridized carbons (Fsp3) is 0.250. The molecular formula is C16H17BrN2O2S. The van der Waals surface area contributed by atoms with E-state index >= 15 is 0 Å². The molecule has 0 unspecified atom stereocenters. The molecular weight excluding hydrogens is 364 g/mol. The van der Waals surface area contributed by atoms with Gasteiger partial charge in [0, 0.05) is 24.1 Å². The number of hydrogen-bond donors (Lipinski definition) is 2. The molecule has 1 aliphatic rings. The van der Waals surface area contributed by atoms with E-state index in [1.807, 2.05) is 12.1 Å². The highest BCUT2D eigenvalue weighted by molar-refractivity contribution is 9.10. The Morgan fingerprint density at radius 3 is 2.73 bits per heavy atom. The molecule has 1 heterocycles. The van der Waals surface area contributed by atoms with E-state index in [-0.39, 0.29) is 0 Å². The Morgan fingerprint density at radius 1 is 1.14 bits per heavy atom. The fourth-order valence-corrected chi connectivity index (χ4v) is 4.38. The Kier molecular flexibility index (Phi) is 4.36. The number of aryl methyl sites for hydroxylation is 1. The van der Waals surface area contributed by atoms with E-state index in [0.717, 1.165) is 28.7 Å². The third kappa shape index (κ3) is 3.25. The van der Waals surface area contributed by atoms with Crippen LogP contribution >= 0.6 is 15.9 Å². The summed E-state index contributed by atoms with van der Waals surface area (Å²) in [6, 6.07) is 11.4. The summed E-state index contributed by atoms with van der Waals surface area (Å²) in [6.07, 6.45) is 0. The van der Waals surface area contributed by atoms with Crippen LogP contribution in [0.25, 0.3) is 0 Å². The Balaban J connectivity index is 1.79. The maximum atomic E-state index is 12.5. The van der Waals surface area contributed by atoms with Crippen LogP contribution in [0, 0.1) is 6.92 Å². The molecule has 0 spiro atoms. The van der Waals surface area contributed by atoms with Gasteiger partial charge in [0.25, 0.3) is 0 Å². The summed E-state index contributed by atoms with van der Waals surface area (Å²) in [4.78, 5) is 0.310. The molecule has 4 nitrogen and oxygen atoms in total. The SMILES string of the molecule is Cc1ccc(Br)cc1S(=O)(=O)NCc1ccc2c(c1)CNC2. The van der Waals surface area contributed by atoms with E-state index in [9.17, 15) is 8.42 Å². The van der Waals surface area contributed by atoms with Crippen molar-refractivity contribution in [2.45, 2.75) is 31.5 Å². The first kappa shape index (κ1) is 15.7. The van der Waals surface area contributed by atoms with Gasteiger partial charge < -0.3 is 5.32 Å². The minimum absolute atomic E-state index is 0.293. The molecule has 0 bridgehead atoms. The highest BCUT2D eigenvalue weighted by Crippen LogP contribution is 2.21. The Labute approximate surface area is 139 Å². The summed E-state index contributed by atoms with van der Waals surface area (Å²) in [5.74, 6) is 0. The average Bonchev–Trinajstić information content (AvgIpc) is 2.95. The second-order valence-electron chi connectivity index (χ2n) is 5.44. The van der Waals surface area contributed by atoms with E-state index in [0.29, 0.717) is 11.4 Å². The number of fused-ring (bicyclic) bond motifs is 1. The predicted molar refractivity (Wildman–Crippen MR) is 89.9 cm³/mol. The maximum absolute atomic E-state index is 12.5. The standard InChI is InChI=1S/C16H17BrN2O2S/c1-11-2-5-15(17)7-16(11)22(20,21)19-8-12-3-4-13-9-18-10-14(13)6-12/h2-7,18-19H,8-10H2,1H3. The molecule has 2 aromatic carbocycles. The smallest absolute Gasteiger partial charge is 0.241 e. The van der Waals surface area contributed by atoms with Crippen molar-refractivity contribution in [3.8, 4) is 0 Å². The molecule has 1 aliphatic heterocycles. The molecule has 0 aromatic heterocycles. The third-order valence-electron chi connectivity index (χ3n) is 3.81. The number of halogens is 1. The summed E-state index contributed by atoms with van der Waals surface area (Å²) >= 11 is 3.32. The third-order valence-corrected chi connectivity index (χ3v) is 5.84. The first-order valence-electron chi connectivity index (χ1n) is 7.03. The molecule has 0 saturated carbocycles. The van der Waals surface area contributed by atoms with Crippen LogP contribution < -0.4 is 10.0 Å². The van der Waals surface area contributed by atoms with Gasteiger partial charge in [0.15, 0.2) is 0 Å². The van der Waals surface area contributed by atoms with Crippen LogP contribution in [0.15, 0.2) is 45.8 Å². The number of benzene rings is 2. The van der Waals surface area contributed by atoms with Crippen LogP contribution in [0.2, 0.25) is 0 Å². The molecule has 2 N–H and O–H groups in total. The van der Waals surface area contributed by atoms with E-state index in [1.54, 1.807) is 19.1 Å². The summed E-state index contributed by atoms with van der Waals surface area (Å²) in [5, 5.41) is 3.28. The van der Waals surface area contributed by atoms with Gasteiger partial charge in [0.05, 0.1) is 4.90 Å². The molecule has 6 heteroatoms. The van der Waals surface area contributed by atoms with E-state index in [4.69, 9.17) is 0 Å². The Morgan fingerprint density at radius 2 is 1.91 bits per heavy atom. The lowest BCUT2D eigenvalue weighted by Crippen LogP contribution is -2.24. The minimum Gasteiger partial charge on any atom is -0.309 e. The van der Waals surface area contributed by atoms with Crippen molar-refractivity contribution in [2.24, 2.45) is 0 Å². The van der Waals surface area contributed by atoms with Crippen molar-refractivity contribution in [1.29, 1.82) is 0 Å². The molecule has 0 radical (unpaired) electrons. The quantitative estimate of drug-likeness (QED) is 0.857. The van der Waals surface area contributed by atoms with Crippen LogP contribution in [0.3, 0.4) is 0 Å². The number of sulfonamides is 1. The first-order valence-corrected chi connectivity index (χ1v) is 9.30. The summed E-state index contributed by atoms with van der Waals surface area (Å²) in [5.41, 5.74) is 4.23. The van der Waals surface area contributed by atoms with Crippen molar-refractivity contribution in [3.05, 3.63) is 63.1 Å². The lowest BCUT2D eigenvalue weighted by atomic mass is 10.1. The summed E-state index contributed by atoms with van der Waals surface area (Å²) in [7, 11) is -3.52. The molecule has 3 rings (SSSR count). The Bertz CT molecular complexity index is 819. The predicted octanol–water partition coefficient (Wildman–Crippen LogP) is 2.84. The van der Waals surface area contributed by atoms with Gasteiger partial charge in [-0.05, 0) is 41.3 Å². The van der Waals surface area contributed by atoms with Gasteiger partial charge >= 0.3 is 0 Å².